The van der Waals surface area contributed by atoms with Gasteiger partial charge in [-0.3, -0.25) is 10.2 Å². The lowest BCUT2D eigenvalue weighted by atomic mass is 10.1. The van der Waals surface area contributed by atoms with Crippen LogP contribution in [0.15, 0.2) is 28.9 Å². The van der Waals surface area contributed by atoms with Gasteiger partial charge < -0.3 is 9.64 Å². The van der Waals surface area contributed by atoms with Gasteiger partial charge in [-0.25, -0.2) is 19.6 Å². The topological polar surface area (TPSA) is 87.7 Å². The van der Waals surface area contributed by atoms with E-state index in [1.54, 1.807) is 29.3 Å². The maximum Gasteiger partial charge on any atom is 0.358 e. The van der Waals surface area contributed by atoms with Crippen molar-refractivity contribution in [1.29, 1.82) is 0 Å². The zero-order chi connectivity index (χ0) is 19.1. The second kappa shape index (κ2) is 6.97. The number of nitrogens with one attached hydrogen (secondary N) is 1. The minimum Gasteiger partial charge on any atom is -0.464 e. The second-order valence-electron chi connectivity index (χ2n) is 6.20. The van der Waals surface area contributed by atoms with Crippen molar-refractivity contribution in [3.63, 3.8) is 0 Å². The molecular formula is C17H15BrClN5O3. The van der Waals surface area contributed by atoms with Crippen molar-refractivity contribution in [2.45, 2.75) is 12.5 Å². The lowest BCUT2D eigenvalue weighted by molar-refractivity contribution is 0.0594. The minimum absolute atomic E-state index is 0.0150. The monoisotopic (exact) mass is 451 g/mol. The molecule has 2 bridgehead atoms. The van der Waals surface area contributed by atoms with Crippen LogP contribution in [0.3, 0.4) is 0 Å². The van der Waals surface area contributed by atoms with E-state index >= 15 is 0 Å². The molecule has 1 N–H and O–H groups in total. The van der Waals surface area contributed by atoms with Gasteiger partial charge >= 0.3 is 12.0 Å². The molecule has 10 heteroatoms. The first-order chi connectivity index (χ1) is 13.0. The molecule has 0 aromatic carbocycles. The molecule has 2 aromatic heterocycles. The molecular weight excluding hydrogens is 438 g/mol. The number of esters is 1. The Morgan fingerprint density at radius 3 is 2.96 bits per heavy atom. The Kier molecular flexibility index (Phi) is 4.65. The number of urea groups is 1. The average molecular weight is 453 g/mol. The van der Waals surface area contributed by atoms with E-state index in [1.807, 2.05) is 0 Å². The number of aromatic nitrogens is 2. The van der Waals surface area contributed by atoms with Crippen molar-refractivity contribution < 1.29 is 14.3 Å². The highest BCUT2D eigenvalue weighted by molar-refractivity contribution is 9.10. The lowest BCUT2D eigenvalue weighted by Crippen LogP contribution is -2.48. The molecule has 140 valence electrons. The van der Waals surface area contributed by atoms with E-state index in [2.05, 4.69) is 36.1 Å². The van der Waals surface area contributed by atoms with E-state index in [0.29, 0.717) is 18.2 Å². The summed E-state index contributed by atoms with van der Waals surface area (Å²) in [7, 11) is 1.26. The van der Waals surface area contributed by atoms with Crippen molar-refractivity contribution in [3.05, 3.63) is 39.6 Å². The third-order valence-corrected chi connectivity index (χ3v) is 5.37. The van der Waals surface area contributed by atoms with Crippen LogP contribution in [0.1, 0.15) is 16.9 Å². The Labute approximate surface area is 168 Å². The van der Waals surface area contributed by atoms with Crippen molar-refractivity contribution in [2.24, 2.45) is 0 Å². The molecule has 27 heavy (non-hydrogen) atoms. The normalized spacial score (nSPS) is 17.5. The summed E-state index contributed by atoms with van der Waals surface area (Å²) in [4.78, 5) is 37.2. The molecule has 0 aliphatic carbocycles. The van der Waals surface area contributed by atoms with Crippen LogP contribution in [0, 0.1) is 0 Å². The molecule has 0 spiro atoms. The van der Waals surface area contributed by atoms with Gasteiger partial charge in [0.05, 0.1) is 23.9 Å². The maximum absolute atomic E-state index is 13.0. The largest absolute Gasteiger partial charge is 0.464 e. The number of hydrogen-bond acceptors (Lipinski definition) is 6. The van der Waals surface area contributed by atoms with E-state index in [4.69, 9.17) is 16.3 Å². The SMILES string of the molecule is COC(=O)c1nc2c(cc1Cl)N1CC[C@@H](C1)N2C(=O)Nc1cc(Br)ccn1. The predicted octanol–water partition coefficient (Wildman–Crippen LogP) is 3.31. The summed E-state index contributed by atoms with van der Waals surface area (Å²) in [5, 5.41) is 2.99. The van der Waals surface area contributed by atoms with Crippen LogP contribution < -0.4 is 15.1 Å². The molecule has 4 heterocycles. The van der Waals surface area contributed by atoms with Gasteiger partial charge in [-0.1, -0.05) is 27.5 Å². The molecule has 2 aliphatic heterocycles. The third-order valence-electron chi connectivity index (χ3n) is 4.59. The standard InChI is InChI=1S/C17H15BrClN5O3/c1-27-16(25)14-11(19)7-12-15(22-14)24(10-3-5-23(12)8-10)17(26)21-13-6-9(18)2-4-20-13/h2,4,6-7,10H,3,5,8H2,1H3,(H,20,21,26)/t10-/m0/s1. The van der Waals surface area contributed by atoms with Crippen LogP contribution in [0.2, 0.25) is 5.02 Å². The first-order valence-corrected chi connectivity index (χ1v) is 9.40. The quantitative estimate of drug-likeness (QED) is 0.704. The zero-order valence-corrected chi connectivity index (χ0v) is 16.6. The molecule has 1 fully saturated rings. The van der Waals surface area contributed by atoms with E-state index < -0.39 is 5.97 Å². The molecule has 0 unspecified atom stereocenters. The Morgan fingerprint density at radius 2 is 2.22 bits per heavy atom. The smallest absolute Gasteiger partial charge is 0.358 e. The van der Waals surface area contributed by atoms with Crippen molar-refractivity contribution in [3.8, 4) is 0 Å². The van der Waals surface area contributed by atoms with Gasteiger partial charge in [-0.15, -0.1) is 0 Å². The summed E-state index contributed by atoms with van der Waals surface area (Å²) in [6.45, 7) is 1.47. The zero-order valence-electron chi connectivity index (χ0n) is 14.3. The van der Waals surface area contributed by atoms with Crippen LogP contribution >= 0.6 is 27.5 Å². The van der Waals surface area contributed by atoms with Gasteiger partial charge in [0.2, 0.25) is 0 Å². The average Bonchev–Trinajstić information content (AvgIpc) is 3.06. The number of pyridine rings is 2. The number of amides is 2. The van der Waals surface area contributed by atoms with Crippen LogP contribution in [0.4, 0.5) is 22.1 Å². The second-order valence-corrected chi connectivity index (χ2v) is 7.52. The van der Waals surface area contributed by atoms with Crippen LogP contribution in [-0.4, -0.2) is 48.2 Å². The number of ether oxygens (including phenoxy) is 1. The van der Waals surface area contributed by atoms with Crippen LogP contribution in [0.25, 0.3) is 0 Å². The summed E-state index contributed by atoms with van der Waals surface area (Å²) < 4.78 is 5.55. The molecule has 2 aromatic rings. The fourth-order valence-corrected chi connectivity index (χ4v) is 3.93. The summed E-state index contributed by atoms with van der Waals surface area (Å²) in [6.07, 6.45) is 2.38. The highest BCUT2D eigenvalue weighted by Crippen LogP contribution is 2.41. The van der Waals surface area contributed by atoms with Gasteiger partial charge in [0.1, 0.15) is 5.82 Å². The van der Waals surface area contributed by atoms with Crippen molar-refractivity contribution in [2.75, 3.05) is 35.3 Å². The van der Waals surface area contributed by atoms with Gasteiger partial charge in [0, 0.05) is 23.8 Å². The highest BCUT2D eigenvalue weighted by atomic mass is 79.9. The molecule has 1 atom stereocenters. The minimum atomic E-state index is -0.648. The van der Waals surface area contributed by atoms with E-state index in [9.17, 15) is 9.59 Å². The number of methoxy groups -OCH3 is 1. The van der Waals surface area contributed by atoms with Gasteiger partial charge in [0.15, 0.2) is 11.5 Å². The lowest BCUT2D eigenvalue weighted by Gasteiger charge is -2.35. The number of anilines is 3. The van der Waals surface area contributed by atoms with E-state index in [1.165, 1.54) is 7.11 Å². The molecule has 2 amide bonds. The Morgan fingerprint density at radius 1 is 1.41 bits per heavy atom. The molecule has 4 rings (SSSR count). The summed E-state index contributed by atoms with van der Waals surface area (Å²) in [6, 6.07) is 4.73. The summed E-state index contributed by atoms with van der Waals surface area (Å²) in [5.74, 6) is 0.157. The maximum atomic E-state index is 13.0. The Hall–Kier alpha value is -2.39. The molecule has 8 nitrogen and oxygen atoms in total. The van der Waals surface area contributed by atoms with Crippen LogP contribution in [0.5, 0.6) is 0 Å². The van der Waals surface area contributed by atoms with Crippen molar-refractivity contribution >= 4 is 56.9 Å². The number of hydrogen-bond donors (Lipinski definition) is 1. The Bertz CT molecular complexity index is 941. The van der Waals surface area contributed by atoms with E-state index in [0.717, 1.165) is 23.1 Å². The molecule has 0 radical (unpaired) electrons. The summed E-state index contributed by atoms with van der Waals surface area (Å²) in [5.41, 5.74) is 0.706. The van der Waals surface area contributed by atoms with Gasteiger partial charge in [-0.2, -0.15) is 0 Å². The fourth-order valence-electron chi connectivity index (χ4n) is 3.37. The number of carbonyl (C=O) groups excluding carboxylic acids is 2. The van der Waals surface area contributed by atoms with Crippen LogP contribution in [-0.2, 0) is 4.74 Å². The molecule has 1 saturated heterocycles. The number of halogens is 2. The third kappa shape index (κ3) is 3.21. The fraction of sp³-hybridized carbons (Fsp3) is 0.294. The first-order valence-electron chi connectivity index (χ1n) is 8.23. The highest BCUT2D eigenvalue weighted by Gasteiger charge is 2.41. The van der Waals surface area contributed by atoms with Gasteiger partial charge in [0.25, 0.3) is 0 Å². The first kappa shape index (κ1) is 18.0. The number of carbonyl (C=O) groups is 2. The number of fused-ring (bicyclic) bond motifs is 4. The van der Waals surface area contributed by atoms with Crippen molar-refractivity contribution in [1.82, 2.24) is 9.97 Å². The Balaban J connectivity index is 1.74. The summed E-state index contributed by atoms with van der Waals surface area (Å²) >= 11 is 9.58. The number of nitrogens with zero attached hydrogens (tertiary/aromatic N) is 4. The number of rotatable bonds is 2. The van der Waals surface area contributed by atoms with Gasteiger partial charge in [-0.05, 0) is 24.6 Å². The van der Waals surface area contributed by atoms with E-state index in [-0.39, 0.29) is 22.8 Å². The molecule has 2 aliphatic rings. The molecule has 0 saturated carbocycles. The predicted molar refractivity (Wildman–Crippen MR) is 105 cm³/mol.